The highest BCUT2D eigenvalue weighted by molar-refractivity contribution is 7.99. The molecule has 0 spiro atoms. The molecule has 0 aliphatic rings. The van der Waals surface area contributed by atoms with Crippen LogP contribution in [0.15, 0.2) is 51.6 Å². The van der Waals surface area contributed by atoms with E-state index in [2.05, 4.69) is 9.97 Å². The Labute approximate surface area is 113 Å². The molecule has 1 heterocycles. The van der Waals surface area contributed by atoms with Gasteiger partial charge < -0.3 is 5.11 Å². The zero-order valence-corrected chi connectivity index (χ0v) is 11.2. The third-order valence-corrected chi connectivity index (χ3v) is 3.81. The lowest BCUT2D eigenvalue weighted by molar-refractivity contribution is 0.0693. The number of carboxylic acid groups (broad SMARTS) is 1. The van der Waals surface area contributed by atoms with Crippen molar-refractivity contribution in [2.24, 2.45) is 0 Å². The molecule has 6 heteroatoms. The summed E-state index contributed by atoms with van der Waals surface area (Å²) in [5, 5.41) is 10.7. The predicted molar refractivity (Wildman–Crippen MR) is 71.3 cm³/mol. The summed E-state index contributed by atoms with van der Waals surface area (Å²) in [7, 11) is 0. The number of benzene rings is 1. The summed E-state index contributed by atoms with van der Waals surface area (Å²) in [4.78, 5) is 20.0. The molecule has 18 heavy (non-hydrogen) atoms. The molecule has 0 amide bonds. The van der Waals surface area contributed by atoms with Crippen molar-refractivity contribution < 1.29 is 9.90 Å². The summed E-state index contributed by atoms with van der Waals surface area (Å²) in [6.45, 7) is 0. The van der Waals surface area contributed by atoms with Crippen LogP contribution >= 0.6 is 23.5 Å². The smallest absolute Gasteiger partial charge is 0.336 e. The Balaban J connectivity index is 2.31. The largest absolute Gasteiger partial charge is 0.478 e. The van der Waals surface area contributed by atoms with Crippen LogP contribution in [0.1, 0.15) is 10.4 Å². The molecular formula is C12H10N2O2S2. The van der Waals surface area contributed by atoms with Crippen LogP contribution in [0.4, 0.5) is 0 Å². The van der Waals surface area contributed by atoms with Crippen molar-refractivity contribution in [1.29, 1.82) is 0 Å². The standard InChI is InChI=1S/C12H10N2O2S2/c1-17-10-6-11(14-7-13-10)18-9-5-3-2-4-8(9)12(15)16/h2-7H,1H3,(H,15,16). The number of carboxylic acids is 1. The van der Waals surface area contributed by atoms with Gasteiger partial charge in [-0.25, -0.2) is 14.8 Å². The van der Waals surface area contributed by atoms with Crippen molar-refractivity contribution in [2.75, 3.05) is 6.26 Å². The van der Waals surface area contributed by atoms with Crippen molar-refractivity contribution in [3.63, 3.8) is 0 Å². The number of carbonyl (C=O) groups is 1. The zero-order valence-electron chi connectivity index (χ0n) is 9.53. The van der Waals surface area contributed by atoms with Crippen LogP contribution in [-0.2, 0) is 0 Å². The van der Waals surface area contributed by atoms with E-state index in [1.165, 1.54) is 29.9 Å². The minimum Gasteiger partial charge on any atom is -0.478 e. The van der Waals surface area contributed by atoms with E-state index >= 15 is 0 Å². The van der Waals surface area contributed by atoms with Gasteiger partial charge in [0.15, 0.2) is 0 Å². The Morgan fingerprint density at radius 3 is 2.67 bits per heavy atom. The predicted octanol–water partition coefficient (Wildman–Crippen LogP) is 3.05. The van der Waals surface area contributed by atoms with Gasteiger partial charge in [-0.15, -0.1) is 11.8 Å². The molecule has 1 aromatic heterocycles. The van der Waals surface area contributed by atoms with E-state index in [-0.39, 0.29) is 5.56 Å². The van der Waals surface area contributed by atoms with Crippen LogP contribution < -0.4 is 0 Å². The molecular weight excluding hydrogens is 268 g/mol. The van der Waals surface area contributed by atoms with Gasteiger partial charge in [-0.1, -0.05) is 23.9 Å². The van der Waals surface area contributed by atoms with Crippen molar-refractivity contribution >= 4 is 29.5 Å². The summed E-state index contributed by atoms with van der Waals surface area (Å²) in [5.74, 6) is -0.933. The van der Waals surface area contributed by atoms with Gasteiger partial charge in [-0.05, 0) is 18.4 Å². The second-order valence-corrected chi connectivity index (χ2v) is 5.19. The monoisotopic (exact) mass is 278 g/mol. The molecule has 0 aliphatic carbocycles. The van der Waals surface area contributed by atoms with Crippen molar-refractivity contribution in [3.8, 4) is 0 Å². The molecule has 0 fully saturated rings. The Kier molecular flexibility index (Phi) is 4.22. The van der Waals surface area contributed by atoms with E-state index in [1.54, 1.807) is 18.2 Å². The van der Waals surface area contributed by atoms with Gasteiger partial charge in [-0.2, -0.15) is 0 Å². The van der Waals surface area contributed by atoms with Crippen LogP contribution in [0.5, 0.6) is 0 Å². The minimum atomic E-state index is -0.933. The lowest BCUT2D eigenvalue weighted by Gasteiger charge is -2.05. The van der Waals surface area contributed by atoms with Crippen molar-refractivity contribution in [2.45, 2.75) is 14.9 Å². The zero-order chi connectivity index (χ0) is 13.0. The number of rotatable bonds is 4. The number of hydrogen-bond donors (Lipinski definition) is 1. The number of thioether (sulfide) groups is 1. The molecule has 0 bridgehead atoms. The molecule has 0 aliphatic heterocycles. The van der Waals surface area contributed by atoms with Crippen molar-refractivity contribution in [1.82, 2.24) is 9.97 Å². The Bertz CT molecular complexity index is 576. The lowest BCUT2D eigenvalue weighted by Crippen LogP contribution is -1.98. The number of aromatic nitrogens is 2. The molecule has 0 radical (unpaired) electrons. The summed E-state index contributed by atoms with van der Waals surface area (Å²) >= 11 is 2.85. The summed E-state index contributed by atoms with van der Waals surface area (Å²) in [6, 6.07) is 8.72. The second-order valence-electron chi connectivity index (χ2n) is 3.30. The normalized spacial score (nSPS) is 10.3. The molecule has 4 nitrogen and oxygen atoms in total. The highest BCUT2D eigenvalue weighted by Gasteiger charge is 2.11. The minimum absolute atomic E-state index is 0.284. The fourth-order valence-corrected chi connectivity index (χ4v) is 2.70. The van der Waals surface area contributed by atoms with E-state index in [1.807, 2.05) is 18.4 Å². The van der Waals surface area contributed by atoms with Crippen LogP contribution in [0.25, 0.3) is 0 Å². The number of aromatic carboxylic acids is 1. The van der Waals surface area contributed by atoms with Crippen molar-refractivity contribution in [3.05, 3.63) is 42.2 Å². The average molecular weight is 278 g/mol. The third kappa shape index (κ3) is 3.02. The van der Waals surface area contributed by atoms with Crippen LogP contribution in [0, 0.1) is 0 Å². The highest BCUT2D eigenvalue weighted by Crippen LogP contribution is 2.30. The van der Waals surface area contributed by atoms with Gasteiger partial charge in [0.1, 0.15) is 16.4 Å². The van der Waals surface area contributed by atoms with Gasteiger partial charge in [0.05, 0.1) is 5.56 Å². The molecule has 0 unspecified atom stereocenters. The fourth-order valence-electron chi connectivity index (χ4n) is 1.34. The maximum Gasteiger partial charge on any atom is 0.336 e. The SMILES string of the molecule is CSc1cc(Sc2ccccc2C(=O)O)ncn1. The first-order valence-corrected chi connectivity index (χ1v) is 7.11. The molecule has 0 atom stereocenters. The van der Waals surface area contributed by atoms with E-state index in [0.717, 1.165) is 10.1 Å². The first kappa shape index (κ1) is 12.9. The van der Waals surface area contributed by atoms with Gasteiger partial charge >= 0.3 is 5.97 Å². The molecule has 0 saturated heterocycles. The first-order chi connectivity index (χ1) is 8.70. The van der Waals surface area contributed by atoms with Gasteiger partial charge in [-0.3, -0.25) is 0 Å². The molecule has 2 rings (SSSR count). The maximum absolute atomic E-state index is 11.1. The number of hydrogen-bond acceptors (Lipinski definition) is 5. The van der Waals surface area contributed by atoms with E-state index in [0.29, 0.717) is 4.90 Å². The van der Waals surface area contributed by atoms with Crippen LogP contribution in [0.2, 0.25) is 0 Å². The van der Waals surface area contributed by atoms with E-state index in [4.69, 9.17) is 5.11 Å². The molecule has 1 N–H and O–H groups in total. The maximum atomic E-state index is 11.1. The third-order valence-electron chi connectivity index (χ3n) is 2.16. The number of nitrogens with zero attached hydrogens (tertiary/aromatic N) is 2. The molecule has 0 saturated carbocycles. The quantitative estimate of drug-likeness (QED) is 0.685. The Morgan fingerprint density at radius 2 is 1.94 bits per heavy atom. The summed E-state index contributed by atoms with van der Waals surface area (Å²) in [5.41, 5.74) is 0.284. The summed E-state index contributed by atoms with van der Waals surface area (Å²) < 4.78 is 0. The topological polar surface area (TPSA) is 63.1 Å². The molecule has 1 aromatic carbocycles. The van der Waals surface area contributed by atoms with Gasteiger partial charge in [0, 0.05) is 11.0 Å². The second kappa shape index (κ2) is 5.88. The van der Waals surface area contributed by atoms with Crippen LogP contribution in [0.3, 0.4) is 0 Å². The molecule has 92 valence electrons. The van der Waals surface area contributed by atoms with Gasteiger partial charge in [0.25, 0.3) is 0 Å². The van der Waals surface area contributed by atoms with Gasteiger partial charge in [0.2, 0.25) is 0 Å². The first-order valence-electron chi connectivity index (χ1n) is 5.07. The Morgan fingerprint density at radius 1 is 1.22 bits per heavy atom. The Hall–Kier alpha value is -1.53. The summed E-state index contributed by atoms with van der Waals surface area (Å²) in [6.07, 6.45) is 3.42. The fraction of sp³-hybridized carbons (Fsp3) is 0.0833. The van der Waals surface area contributed by atoms with E-state index in [9.17, 15) is 4.79 Å². The highest BCUT2D eigenvalue weighted by atomic mass is 32.2. The lowest BCUT2D eigenvalue weighted by atomic mass is 10.2. The average Bonchev–Trinajstić information content (AvgIpc) is 2.39. The molecule has 2 aromatic rings. The van der Waals surface area contributed by atoms with E-state index < -0.39 is 5.97 Å². The van der Waals surface area contributed by atoms with Crippen LogP contribution in [-0.4, -0.2) is 27.3 Å².